The van der Waals surface area contributed by atoms with Crippen molar-refractivity contribution in [3.63, 3.8) is 0 Å². The Labute approximate surface area is 145 Å². The van der Waals surface area contributed by atoms with Crippen molar-refractivity contribution >= 4 is 17.5 Å². The van der Waals surface area contributed by atoms with E-state index in [0.29, 0.717) is 5.82 Å². The highest BCUT2D eigenvalue weighted by Crippen LogP contribution is 2.34. The van der Waals surface area contributed by atoms with Crippen molar-refractivity contribution in [3.8, 4) is 0 Å². The molecule has 8 heteroatoms. The lowest BCUT2D eigenvalue weighted by Gasteiger charge is -2.15. The smallest absolute Gasteiger partial charge is 0.432 e. The standard InChI is InChI=1S/C17H22N4O4/c18-16-14-7-6-13(21(14)20-10-19-16)15-8-5-12(24-15)9-23-17(22)25-11-3-1-2-4-11/h6-7,10-12,15H,1-5,8-9H2,(H2,18,19,20). The fourth-order valence-electron chi connectivity index (χ4n) is 3.60. The van der Waals surface area contributed by atoms with Crippen molar-refractivity contribution < 1.29 is 19.0 Å². The monoisotopic (exact) mass is 346 g/mol. The molecule has 2 fully saturated rings. The molecule has 0 radical (unpaired) electrons. The fraction of sp³-hybridized carbons (Fsp3) is 0.588. The summed E-state index contributed by atoms with van der Waals surface area (Å²) in [7, 11) is 0. The third kappa shape index (κ3) is 3.39. The molecule has 1 saturated heterocycles. The molecule has 8 nitrogen and oxygen atoms in total. The highest BCUT2D eigenvalue weighted by Gasteiger charge is 2.30. The second kappa shape index (κ2) is 6.87. The minimum Gasteiger partial charge on any atom is -0.432 e. The number of anilines is 1. The molecule has 4 rings (SSSR count). The first kappa shape index (κ1) is 16.1. The number of nitrogen functional groups attached to an aromatic ring is 1. The van der Waals surface area contributed by atoms with Gasteiger partial charge in [-0.05, 0) is 50.7 Å². The van der Waals surface area contributed by atoms with Gasteiger partial charge in [0.1, 0.15) is 30.7 Å². The van der Waals surface area contributed by atoms with E-state index < -0.39 is 6.16 Å². The summed E-state index contributed by atoms with van der Waals surface area (Å²) < 4.78 is 18.3. The van der Waals surface area contributed by atoms with Gasteiger partial charge >= 0.3 is 6.16 Å². The molecule has 25 heavy (non-hydrogen) atoms. The average molecular weight is 346 g/mol. The van der Waals surface area contributed by atoms with Crippen LogP contribution in [-0.4, -0.2) is 39.6 Å². The summed E-state index contributed by atoms with van der Waals surface area (Å²) in [6, 6.07) is 3.83. The second-order valence-electron chi connectivity index (χ2n) is 6.61. The molecule has 2 aromatic rings. The molecule has 2 unspecified atom stereocenters. The van der Waals surface area contributed by atoms with E-state index >= 15 is 0 Å². The maximum atomic E-state index is 11.7. The molecule has 134 valence electrons. The summed E-state index contributed by atoms with van der Waals surface area (Å²) in [4.78, 5) is 15.7. The molecule has 1 aliphatic carbocycles. The Hall–Kier alpha value is -2.35. The number of carbonyl (C=O) groups excluding carboxylic acids is 1. The fourth-order valence-corrected chi connectivity index (χ4v) is 3.60. The van der Waals surface area contributed by atoms with Crippen molar-refractivity contribution in [1.82, 2.24) is 14.6 Å². The molecular weight excluding hydrogens is 324 g/mol. The van der Waals surface area contributed by atoms with Gasteiger partial charge in [0, 0.05) is 0 Å². The molecule has 0 bridgehead atoms. The topological polar surface area (TPSA) is 101 Å². The third-order valence-electron chi connectivity index (χ3n) is 4.90. The molecule has 0 aromatic carbocycles. The summed E-state index contributed by atoms with van der Waals surface area (Å²) in [5.74, 6) is 0.439. The van der Waals surface area contributed by atoms with Gasteiger partial charge in [-0.2, -0.15) is 5.10 Å². The quantitative estimate of drug-likeness (QED) is 0.849. The Morgan fingerprint density at radius 1 is 1.28 bits per heavy atom. The second-order valence-corrected chi connectivity index (χ2v) is 6.61. The third-order valence-corrected chi connectivity index (χ3v) is 4.90. The van der Waals surface area contributed by atoms with E-state index in [-0.39, 0.29) is 24.9 Å². The average Bonchev–Trinajstić information content (AvgIpc) is 3.33. The lowest BCUT2D eigenvalue weighted by molar-refractivity contribution is -0.0265. The van der Waals surface area contributed by atoms with Gasteiger partial charge < -0.3 is 19.9 Å². The summed E-state index contributed by atoms with van der Waals surface area (Å²) in [6.07, 6.45) is 6.37. The van der Waals surface area contributed by atoms with Gasteiger partial charge in [-0.3, -0.25) is 0 Å². The van der Waals surface area contributed by atoms with Crippen molar-refractivity contribution in [1.29, 1.82) is 0 Å². The van der Waals surface area contributed by atoms with Gasteiger partial charge in [-0.15, -0.1) is 0 Å². The number of hydrogen-bond acceptors (Lipinski definition) is 7. The van der Waals surface area contributed by atoms with E-state index in [1.54, 1.807) is 4.52 Å². The zero-order valence-corrected chi connectivity index (χ0v) is 14.0. The van der Waals surface area contributed by atoms with Crippen LogP contribution in [0.25, 0.3) is 5.52 Å². The van der Waals surface area contributed by atoms with E-state index in [4.69, 9.17) is 19.9 Å². The number of carbonyl (C=O) groups is 1. The molecule has 0 amide bonds. The predicted octanol–water partition coefficient (Wildman–Crippen LogP) is 2.63. The van der Waals surface area contributed by atoms with Crippen molar-refractivity contribution in [2.45, 2.75) is 56.8 Å². The molecule has 2 N–H and O–H groups in total. The van der Waals surface area contributed by atoms with Gasteiger partial charge in [0.25, 0.3) is 0 Å². The van der Waals surface area contributed by atoms with Gasteiger partial charge in [0.05, 0.1) is 11.8 Å². The van der Waals surface area contributed by atoms with Gasteiger partial charge in [-0.1, -0.05) is 0 Å². The molecule has 2 atom stereocenters. The van der Waals surface area contributed by atoms with Gasteiger partial charge in [0.15, 0.2) is 5.82 Å². The maximum Gasteiger partial charge on any atom is 0.508 e. The Kier molecular flexibility index (Phi) is 4.44. The number of fused-ring (bicyclic) bond motifs is 1. The number of rotatable bonds is 4. The number of nitrogens with two attached hydrogens (primary N) is 1. The van der Waals surface area contributed by atoms with Crippen molar-refractivity contribution in [2.75, 3.05) is 12.3 Å². The van der Waals surface area contributed by atoms with Crippen LogP contribution in [0.4, 0.5) is 10.6 Å². The van der Waals surface area contributed by atoms with Crippen molar-refractivity contribution in [3.05, 3.63) is 24.2 Å². The van der Waals surface area contributed by atoms with Crippen LogP contribution in [0, 0.1) is 0 Å². The van der Waals surface area contributed by atoms with E-state index in [1.807, 2.05) is 12.1 Å². The van der Waals surface area contributed by atoms with Crippen LogP contribution in [0.2, 0.25) is 0 Å². The Morgan fingerprint density at radius 2 is 2.12 bits per heavy atom. The predicted molar refractivity (Wildman–Crippen MR) is 88.9 cm³/mol. The summed E-state index contributed by atoms with van der Waals surface area (Å²) in [5.41, 5.74) is 7.55. The van der Waals surface area contributed by atoms with E-state index in [9.17, 15) is 4.79 Å². The lowest BCUT2D eigenvalue weighted by atomic mass is 10.1. The van der Waals surface area contributed by atoms with Crippen LogP contribution in [0.15, 0.2) is 18.5 Å². The van der Waals surface area contributed by atoms with Crippen LogP contribution in [-0.2, 0) is 14.2 Å². The molecule has 2 aromatic heterocycles. The molecule has 0 spiro atoms. The summed E-state index contributed by atoms with van der Waals surface area (Å²) in [5, 5.41) is 4.24. The van der Waals surface area contributed by atoms with Gasteiger partial charge in [-0.25, -0.2) is 14.3 Å². The molecule has 1 saturated carbocycles. The number of nitrogens with zero attached hydrogens (tertiary/aromatic N) is 3. The largest absolute Gasteiger partial charge is 0.508 e. The van der Waals surface area contributed by atoms with Crippen LogP contribution >= 0.6 is 0 Å². The SMILES string of the molecule is Nc1ncnn2c(C3CCC(COC(=O)OC4CCCC4)O3)ccc12. The zero-order valence-electron chi connectivity index (χ0n) is 14.0. The Morgan fingerprint density at radius 3 is 2.96 bits per heavy atom. The van der Waals surface area contributed by atoms with Crippen molar-refractivity contribution in [2.24, 2.45) is 0 Å². The van der Waals surface area contributed by atoms with Crippen LogP contribution < -0.4 is 5.73 Å². The van der Waals surface area contributed by atoms with E-state index in [1.165, 1.54) is 6.33 Å². The Bertz CT molecular complexity index is 756. The minimum atomic E-state index is -0.590. The van der Waals surface area contributed by atoms with Crippen LogP contribution in [0.1, 0.15) is 50.3 Å². The molecule has 3 heterocycles. The lowest BCUT2D eigenvalue weighted by Crippen LogP contribution is -2.22. The molecule has 1 aliphatic heterocycles. The van der Waals surface area contributed by atoms with Crippen LogP contribution in [0.3, 0.4) is 0 Å². The van der Waals surface area contributed by atoms with Crippen LogP contribution in [0.5, 0.6) is 0 Å². The minimum absolute atomic E-state index is 0.0157. The maximum absolute atomic E-state index is 11.7. The first-order valence-corrected chi connectivity index (χ1v) is 8.77. The Balaban J connectivity index is 1.32. The zero-order chi connectivity index (χ0) is 17.2. The van der Waals surface area contributed by atoms with E-state index in [0.717, 1.165) is 49.7 Å². The highest BCUT2D eigenvalue weighted by molar-refractivity contribution is 5.65. The molecule has 2 aliphatic rings. The molecular formula is C17H22N4O4. The van der Waals surface area contributed by atoms with Gasteiger partial charge in [0.2, 0.25) is 0 Å². The number of aromatic nitrogens is 3. The summed E-state index contributed by atoms with van der Waals surface area (Å²) in [6.45, 7) is 0.211. The van der Waals surface area contributed by atoms with E-state index in [2.05, 4.69) is 10.1 Å². The summed E-state index contributed by atoms with van der Waals surface area (Å²) >= 11 is 0. The number of ether oxygens (including phenoxy) is 3. The number of hydrogen-bond donors (Lipinski definition) is 1. The highest BCUT2D eigenvalue weighted by atomic mass is 16.7. The first-order chi connectivity index (χ1) is 12.2. The normalized spacial score (nSPS) is 24.0. The first-order valence-electron chi connectivity index (χ1n) is 8.77.